The summed E-state index contributed by atoms with van der Waals surface area (Å²) in [7, 11) is 2.25. The SMILES string of the molecule is CCCNC(CCN(C)C(C)CSC)c1ccccc1C. The summed E-state index contributed by atoms with van der Waals surface area (Å²) in [6, 6.07) is 9.88. The third-order valence-electron chi connectivity index (χ3n) is 4.14. The minimum absolute atomic E-state index is 0.468. The molecule has 0 amide bonds. The molecule has 0 spiro atoms. The molecule has 1 aromatic carbocycles. The van der Waals surface area contributed by atoms with Crippen molar-refractivity contribution in [1.29, 1.82) is 0 Å². The van der Waals surface area contributed by atoms with Crippen molar-refractivity contribution in [3.05, 3.63) is 35.4 Å². The number of nitrogens with one attached hydrogen (secondary N) is 1. The molecular weight excluding hydrogens is 276 g/mol. The summed E-state index contributed by atoms with van der Waals surface area (Å²) in [6.45, 7) is 8.99. The molecule has 0 radical (unpaired) electrons. The van der Waals surface area contributed by atoms with Crippen molar-refractivity contribution in [2.75, 3.05) is 32.1 Å². The van der Waals surface area contributed by atoms with E-state index in [9.17, 15) is 0 Å². The van der Waals surface area contributed by atoms with Gasteiger partial charge in [-0.05, 0) is 64.2 Å². The molecule has 1 aromatic rings. The number of thioether (sulfide) groups is 1. The van der Waals surface area contributed by atoms with Crippen molar-refractivity contribution < 1.29 is 0 Å². The highest BCUT2D eigenvalue weighted by Gasteiger charge is 2.15. The zero-order valence-corrected chi connectivity index (χ0v) is 15.2. The van der Waals surface area contributed by atoms with Gasteiger partial charge in [-0.25, -0.2) is 0 Å². The van der Waals surface area contributed by atoms with Crippen LogP contribution >= 0.6 is 11.8 Å². The first-order valence-electron chi connectivity index (χ1n) is 8.08. The van der Waals surface area contributed by atoms with Gasteiger partial charge in [-0.1, -0.05) is 31.2 Å². The van der Waals surface area contributed by atoms with Gasteiger partial charge in [0.25, 0.3) is 0 Å². The molecule has 1 rings (SSSR count). The fraction of sp³-hybridized carbons (Fsp3) is 0.667. The van der Waals surface area contributed by atoms with Crippen molar-refractivity contribution >= 4 is 11.8 Å². The van der Waals surface area contributed by atoms with E-state index in [-0.39, 0.29) is 0 Å². The van der Waals surface area contributed by atoms with Crippen molar-refractivity contribution in [2.45, 2.75) is 45.7 Å². The Bertz CT molecular complexity index is 395. The molecule has 0 saturated heterocycles. The Hall–Kier alpha value is -0.510. The molecule has 0 aromatic heterocycles. The van der Waals surface area contributed by atoms with Gasteiger partial charge in [-0.2, -0.15) is 11.8 Å². The summed E-state index contributed by atoms with van der Waals surface area (Å²) in [4.78, 5) is 2.48. The quantitative estimate of drug-likeness (QED) is 0.700. The van der Waals surface area contributed by atoms with Crippen LogP contribution in [-0.2, 0) is 0 Å². The highest BCUT2D eigenvalue weighted by molar-refractivity contribution is 7.98. The highest BCUT2D eigenvalue weighted by Crippen LogP contribution is 2.21. The van der Waals surface area contributed by atoms with Gasteiger partial charge in [0.05, 0.1) is 0 Å². The maximum Gasteiger partial charge on any atom is 0.0335 e. The molecule has 2 atom stereocenters. The van der Waals surface area contributed by atoms with E-state index in [0.29, 0.717) is 12.1 Å². The lowest BCUT2D eigenvalue weighted by atomic mass is 9.98. The molecule has 0 fully saturated rings. The lowest BCUT2D eigenvalue weighted by Crippen LogP contribution is -2.34. The molecular formula is C18H32N2S. The highest BCUT2D eigenvalue weighted by atomic mass is 32.2. The summed E-state index contributed by atoms with van der Waals surface area (Å²) in [6.07, 6.45) is 4.53. The van der Waals surface area contributed by atoms with Gasteiger partial charge in [0.2, 0.25) is 0 Å². The second kappa shape index (κ2) is 10.3. The van der Waals surface area contributed by atoms with Gasteiger partial charge in [-0.15, -0.1) is 0 Å². The summed E-state index contributed by atoms with van der Waals surface area (Å²) in [5, 5.41) is 3.72. The molecule has 2 nitrogen and oxygen atoms in total. The van der Waals surface area contributed by atoms with Gasteiger partial charge in [-0.3, -0.25) is 0 Å². The van der Waals surface area contributed by atoms with Crippen LogP contribution in [0, 0.1) is 6.92 Å². The number of benzene rings is 1. The molecule has 0 aliphatic carbocycles. The van der Waals surface area contributed by atoms with Gasteiger partial charge in [0.1, 0.15) is 0 Å². The van der Waals surface area contributed by atoms with Crippen LogP contribution in [0.25, 0.3) is 0 Å². The minimum Gasteiger partial charge on any atom is -0.310 e. The smallest absolute Gasteiger partial charge is 0.0335 e. The van der Waals surface area contributed by atoms with Crippen LogP contribution in [0.2, 0.25) is 0 Å². The lowest BCUT2D eigenvalue weighted by Gasteiger charge is -2.27. The number of hydrogen-bond donors (Lipinski definition) is 1. The summed E-state index contributed by atoms with van der Waals surface area (Å²) in [5.74, 6) is 1.20. The second-order valence-electron chi connectivity index (χ2n) is 5.94. The predicted molar refractivity (Wildman–Crippen MR) is 97.3 cm³/mol. The second-order valence-corrected chi connectivity index (χ2v) is 6.85. The van der Waals surface area contributed by atoms with Crippen molar-refractivity contribution in [3.8, 4) is 0 Å². The molecule has 0 aliphatic heterocycles. The van der Waals surface area contributed by atoms with E-state index in [4.69, 9.17) is 0 Å². The zero-order chi connectivity index (χ0) is 15.7. The average molecular weight is 309 g/mol. The fourth-order valence-electron chi connectivity index (χ4n) is 2.59. The Morgan fingerprint density at radius 2 is 2.00 bits per heavy atom. The van der Waals surface area contributed by atoms with Crippen LogP contribution in [0.5, 0.6) is 0 Å². The number of hydrogen-bond acceptors (Lipinski definition) is 3. The van der Waals surface area contributed by atoms with Gasteiger partial charge in [0.15, 0.2) is 0 Å². The van der Waals surface area contributed by atoms with Crippen molar-refractivity contribution in [1.82, 2.24) is 10.2 Å². The van der Waals surface area contributed by atoms with E-state index in [1.807, 2.05) is 11.8 Å². The Morgan fingerprint density at radius 1 is 1.29 bits per heavy atom. The molecule has 0 bridgehead atoms. The normalized spacial score (nSPS) is 14.4. The third kappa shape index (κ3) is 6.41. The number of rotatable bonds is 10. The van der Waals surface area contributed by atoms with E-state index in [2.05, 4.69) is 68.6 Å². The average Bonchev–Trinajstić information content (AvgIpc) is 2.48. The first-order chi connectivity index (χ1) is 10.1. The van der Waals surface area contributed by atoms with Crippen LogP contribution in [0.15, 0.2) is 24.3 Å². The fourth-order valence-corrected chi connectivity index (χ4v) is 3.32. The molecule has 21 heavy (non-hydrogen) atoms. The first-order valence-corrected chi connectivity index (χ1v) is 9.47. The van der Waals surface area contributed by atoms with Crippen LogP contribution in [0.4, 0.5) is 0 Å². The third-order valence-corrected chi connectivity index (χ3v) is 4.95. The summed E-state index contributed by atoms with van der Waals surface area (Å²) < 4.78 is 0. The molecule has 0 heterocycles. The molecule has 0 saturated carbocycles. The molecule has 1 N–H and O–H groups in total. The Morgan fingerprint density at radius 3 is 2.62 bits per heavy atom. The molecule has 3 heteroatoms. The van der Waals surface area contributed by atoms with Crippen LogP contribution in [0.3, 0.4) is 0 Å². The molecule has 2 unspecified atom stereocenters. The van der Waals surface area contributed by atoms with E-state index < -0.39 is 0 Å². The lowest BCUT2D eigenvalue weighted by molar-refractivity contribution is 0.260. The Kier molecular flexibility index (Phi) is 9.05. The van der Waals surface area contributed by atoms with Gasteiger partial charge >= 0.3 is 0 Å². The van der Waals surface area contributed by atoms with Gasteiger partial charge in [0, 0.05) is 17.8 Å². The van der Waals surface area contributed by atoms with E-state index in [1.54, 1.807) is 0 Å². The van der Waals surface area contributed by atoms with E-state index in [0.717, 1.165) is 13.1 Å². The topological polar surface area (TPSA) is 15.3 Å². The minimum atomic E-state index is 0.468. The van der Waals surface area contributed by atoms with Crippen LogP contribution in [0.1, 0.15) is 43.9 Å². The Labute approximate surface area is 135 Å². The maximum atomic E-state index is 3.72. The first kappa shape index (κ1) is 18.5. The number of aryl methyl sites for hydroxylation is 1. The molecule has 0 aliphatic rings. The van der Waals surface area contributed by atoms with Crippen LogP contribution < -0.4 is 5.32 Å². The monoisotopic (exact) mass is 308 g/mol. The van der Waals surface area contributed by atoms with E-state index >= 15 is 0 Å². The van der Waals surface area contributed by atoms with Crippen molar-refractivity contribution in [3.63, 3.8) is 0 Å². The summed E-state index contributed by atoms with van der Waals surface area (Å²) >= 11 is 1.93. The van der Waals surface area contributed by atoms with E-state index in [1.165, 1.54) is 29.7 Å². The molecule has 120 valence electrons. The standard InChI is InChI=1S/C18H32N2S/c1-6-12-19-18(17-10-8-7-9-15(17)2)11-13-20(4)16(3)14-21-5/h7-10,16,18-19H,6,11-14H2,1-5H3. The maximum absolute atomic E-state index is 3.72. The predicted octanol–water partition coefficient (Wildman–Crippen LogP) is 4.11. The van der Waals surface area contributed by atoms with Crippen LogP contribution in [-0.4, -0.2) is 43.1 Å². The number of nitrogens with zero attached hydrogens (tertiary/aromatic N) is 1. The zero-order valence-electron chi connectivity index (χ0n) is 14.4. The van der Waals surface area contributed by atoms with Gasteiger partial charge < -0.3 is 10.2 Å². The Balaban J connectivity index is 2.64. The van der Waals surface area contributed by atoms with Crippen molar-refractivity contribution in [2.24, 2.45) is 0 Å². The largest absolute Gasteiger partial charge is 0.310 e. The summed E-state index contributed by atoms with van der Waals surface area (Å²) in [5.41, 5.74) is 2.85.